The molecular formula is C16H28N2S. The van der Waals surface area contributed by atoms with E-state index in [-0.39, 0.29) is 5.41 Å². The van der Waals surface area contributed by atoms with E-state index in [1.54, 1.807) is 4.88 Å². The van der Waals surface area contributed by atoms with E-state index in [4.69, 9.17) is 4.98 Å². The highest BCUT2D eigenvalue weighted by molar-refractivity contribution is 7.11. The van der Waals surface area contributed by atoms with Crippen LogP contribution in [0.15, 0.2) is 0 Å². The molecule has 0 fully saturated rings. The minimum Gasteiger partial charge on any atom is -0.316 e. The number of aryl methyl sites for hydroxylation is 1. The molecule has 0 bridgehead atoms. The fourth-order valence-corrected chi connectivity index (χ4v) is 3.82. The molecule has 1 unspecified atom stereocenters. The summed E-state index contributed by atoms with van der Waals surface area (Å²) in [6, 6.07) is 0. The van der Waals surface area contributed by atoms with Crippen LogP contribution in [0.5, 0.6) is 0 Å². The van der Waals surface area contributed by atoms with E-state index in [1.807, 2.05) is 11.3 Å². The lowest BCUT2D eigenvalue weighted by Crippen LogP contribution is -2.27. The van der Waals surface area contributed by atoms with Gasteiger partial charge in [-0.1, -0.05) is 34.6 Å². The second-order valence-electron chi connectivity index (χ2n) is 7.22. The van der Waals surface area contributed by atoms with Crippen LogP contribution in [0.1, 0.15) is 69.0 Å². The topological polar surface area (TPSA) is 24.9 Å². The van der Waals surface area contributed by atoms with Gasteiger partial charge in [-0.2, -0.15) is 0 Å². The van der Waals surface area contributed by atoms with Crippen LogP contribution in [0.4, 0.5) is 0 Å². The molecule has 2 nitrogen and oxygen atoms in total. The van der Waals surface area contributed by atoms with Gasteiger partial charge in [0.25, 0.3) is 0 Å². The van der Waals surface area contributed by atoms with Crippen molar-refractivity contribution in [3.63, 3.8) is 0 Å². The molecule has 0 amide bonds. The fourth-order valence-electron chi connectivity index (χ4n) is 2.57. The maximum atomic E-state index is 4.98. The molecule has 2 rings (SSSR count). The second-order valence-corrected chi connectivity index (χ2v) is 8.30. The number of fused-ring (bicyclic) bond motifs is 1. The number of nitrogens with zero attached hydrogens (tertiary/aromatic N) is 1. The minimum atomic E-state index is 0.192. The SMILES string of the molecule is CC(C)CNCC1CCCc2sc(C(C)(C)C)nc21. The molecule has 0 saturated carbocycles. The first kappa shape index (κ1) is 15.0. The van der Waals surface area contributed by atoms with Crippen LogP contribution in [0.25, 0.3) is 0 Å². The van der Waals surface area contributed by atoms with Gasteiger partial charge in [-0.3, -0.25) is 0 Å². The van der Waals surface area contributed by atoms with Gasteiger partial charge in [-0.15, -0.1) is 11.3 Å². The van der Waals surface area contributed by atoms with Crippen molar-refractivity contribution in [2.24, 2.45) is 5.92 Å². The quantitative estimate of drug-likeness (QED) is 0.898. The van der Waals surface area contributed by atoms with Crippen molar-refractivity contribution >= 4 is 11.3 Å². The highest BCUT2D eigenvalue weighted by atomic mass is 32.1. The summed E-state index contributed by atoms with van der Waals surface area (Å²) in [5.74, 6) is 1.36. The van der Waals surface area contributed by atoms with Crippen molar-refractivity contribution in [1.29, 1.82) is 0 Å². The second kappa shape index (κ2) is 5.92. The predicted octanol–water partition coefficient (Wildman–Crippen LogP) is 4.11. The molecule has 1 heterocycles. The highest BCUT2D eigenvalue weighted by Gasteiger charge is 2.28. The predicted molar refractivity (Wildman–Crippen MR) is 84.2 cm³/mol. The summed E-state index contributed by atoms with van der Waals surface area (Å²) in [6.45, 7) is 13.5. The Morgan fingerprint density at radius 1 is 1.37 bits per heavy atom. The summed E-state index contributed by atoms with van der Waals surface area (Å²) < 4.78 is 0. The third kappa shape index (κ3) is 3.79. The first-order valence-corrected chi connectivity index (χ1v) is 8.40. The Kier molecular flexibility index (Phi) is 4.67. The van der Waals surface area contributed by atoms with Crippen LogP contribution in [0, 0.1) is 5.92 Å². The number of hydrogen-bond acceptors (Lipinski definition) is 3. The monoisotopic (exact) mass is 280 g/mol. The van der Waals surface area contributed by atoms with Crippen molar-refractivity contribution in [1.82, 2.24) is 10.3 Å². The minimum absolute atomic E-state index is 0.192. The summed E-state index contributed by atoms with van der Waals surface area (Å²) in [4.78, 5) is 6.53. The standard InChI is InChI=1S/C16H28N2S/c1-11(2)9-17-10-12-7-6-8-13-14(12)18-15(19-13)16(3,4)5/h11-12,17H,6-10H2,1-5H3. The zero-order chi connectivity index (χ0) is 14.0. The van der Waals surface area contributed by atoms with Crippen LogP contribution in [-0.2, 0) is 11.8 Å². The van der Waals surface area contributed by atoms with E-state index in [9.17, 15) is 0 Å². The van der Waals surface area contributed by atoms with Crippen molar-refractivity contribution in [3.8, 4) is 0 Å². The average Bonchev–Trinajstić information content (AvgIpc) is 2.72. The van der Waals surface area contributed by atoms with Gasteiger partial charge in [0.1, 0.15) is 0 Å². The lowest BCUT2D eigenvalue weighted by atomic mass is 9.90. The number of aromatic nitrogens is 1. The molecule has 0 aliphatic heterocycles. The Morgan fingerprint density at radius 3 is 2.74 bits per heavy atom. The number of hydrogen-bond donors (Lipinski definition) is 1. The number of nitrogens with one attached hydrogen (secondary N) is 1. The molecule has 1 aromatic rings. The molecule has 0 spiro atoms. The molecule has 1 N–H and O–H groups in total. The summed E-state index contributed by atoms with van der Waals surface area (Å²) in [7, 11) is 0. The maximum Gasteiger partial charge on any atom is 0.0984 e. The van der Waals surface area contributed by atoms with Gasteiger partial charge in [-0.05, 0) is 31.7 Å². The van der Waals surface area contributed by atoms with E-state index < -0.39 is 0 Å². The Balaban J connectivity index is 2.08. The first-order chi connectivity index (χ1) is 8.88. The highest BCUT2D eigenvalue weighted by Crippen LogP contribution is 2.38. The molecule has 1 atom stereocenters. The maximum absolute atomic E-state index is 4.98. The summed E-state index contributed by atoms with van der Waals surface area (Å²) in [5.41, 5.74) is 1.59. The zero-order valence-corrected chi connectivity index (χ0v) is 13.9. The Hall–Kier alpha value is -0.410. The molecule has 0 aromatic carbocycles. The molecule has 0 radical (unpaired) electrons. The van der Waals surface area contributed by atoms with Crippen LogP contribution < -0.4 is 5.32 Å². The first-order valence-electron chi connectivity index (χ1n) is 7.58. The van der Waals surface area contributed by atoms with E-state index in [1.165, 1.54) is 30.0 Å². The van der Waals surface area contributed by atoms with Crippen LogP contribution in [-0.4, -0.2) is 18.1 Å². The van der Waals surface area contributed by atoms with Gasteiger partial charge in [0.05, 0.1) is 10.7 Å². The van der Waals surface area contributed by atoms with Crippen molar-refractivity contribution in [3.05, 3.63) is 15.6 Å². The third-order valence-electron chi connectivity index (χ3n) is 3.66. The van der Waals surface area contributed by atoms with Gasteiger partial charge >= 0.3 is 0 Å². The van der Waals surface area contributed by atoms with Crippen molar-refractivity contribution in [2.75, 3.05) is 13.1 Å². The van der Waals surface area contributed by atoms with E-state index >= 15 is 0 Å². The van der Waals surface area contributed by atoms with Gasteiger partial charge < -0.3 is 5.32 Å². The Bertz CT molecular complexity index is 415. The van der Waals surface area contributed by atoms with Gasteiger partial charge in [0.15, 0.2) is 0 Å². The Morgan fingerprint density at radius 2 is 2.11 bits per heavy atom. The van der Waals surface area contributed by atoms with Crippen molar-refractivity contribution < 1.29 is 0 Å². The average molecular weight is 280 g/mol. The van der Waals surface area contributed by atoms with E-state index in [0.717, 1.165) is 19.0 Å². The molecule has 108 valence electrons. The molecule has 1 aliphatic rings. The fraction of sp³-hybridized carbons (Fsp3) is 0.812. The smallest absolute Gasteiger partial charge is 0.0984 e. The van der Waals surface area contributed by atoms with Crippen LogP contribution in [0.3, 0.4) is 0 Å². The summed E-state index contributed by atoms with van der Waals surface area (Å²) in [5, 5.41) is 4.92. The Labute approximate surface area is 122 Å². The van der Waals surface area contributed by atoms with Gasteiger partial charge in [-0.25, -0.2) is 4.98 Å². The lowest BCUT2D eigenvalue weighted by molar-refractivity contribution is 0.470. The number of rotatable bonds is 4. The third-order valence-corrected chi connectivity index (χ3v) is 5.21. The largest absolute Gasteiger partial charge is 0.316 e. The van der Waals surface area contributed by atoms with E-state index in [2.05, 4.69) is 39.9 Å². The molecule has 0 saturated heterocycles. The van der Waals surface area contributed by atoms with Crippen molar-refractivity contribution in [2.45, 2.75) is 65.2 Å². The summed E-state index contributed by atoms with van der Waals surface area (Å²) in [6.07, 6.45) is 3.86. The number of thiazole rings is 1. The van der Waals surface area contributed by atoms with Crippen LogP contribution >= 0.6 is 11.3 Å². The molecule has 1 aromatic heterocycles. The van der Waals surface area contributed by atoms with Gasteiger partial charge in [0.2, 0.25) is 0 Å². The lowest BCUT2D eigenvalue weighted by Gasteiger charge is -2.22. The van der Waals surface area contributed by atoms with Crippen LogP contribution in [0.2, 0.25) is 0 Å². The molecule has 19 heavy (non-hydrogen) atoms. The molecule has 3 heteroatoms. The molecular weight excluding hydrogens is 252 g/mol. The summed E-state index contributed by atoms with van der Waals surface area (Å²) >= 11 is 1.95. The normalized spacial score (nSPS) is 19.8. The van der Waals surface area contributed by atoms with E-state index in [0.29, 0.717) is 5.92 Å². The zero-order valence-electron chi connectivity index (χ0n) is 13.0. The van der Waals surface area contributed by atoms with Gasteiger partial charge in [0, 0.05) is 22.8 Å². The molecule has 1 aliphatic carbocycles.